The van der Waals surface area contributed by atoms with Gasteiger partial charge in [0.1, 0.15) is 0 Å². The lowest BCUT2D eigenvalue weighted by molar-refractivity contribution is -0.105. The molecule has 4 rings (SSSR count). The molecule has 3 aromatic carbocycles. The van der Waals surface area contributed by atoms with Gasteiger partial charge in [0.25, 0.3) is 16.0 Å². The number of aryl methyl sites for hydroxylation is 3. The molecule has 0 aliphatic rings. The predicted octanol–water partition coefficient (Wildman–Crippen LogP) is 6.76. The molecule has 9 nitrogen and oxygen atoms in total. The summed E-state index contributed by atoms with van der Waals surface area (Å²) in [5, 5.41) is 6.89. The fraction of sp³-hybridized carbons (Fsp3) is 0.353. The van der Waals surface area contributed by atoms with E-state index in [1.165, 1.54) is 23.4 Å². The Labute approximate surface area is 260 Å². The van der Waals surface area contributed by atoms with E-state index in [9.17, 15) is 18.0 Å². The van der Waals surface area contributed by atoms with E-state index in [0.717, 1.165) is 59.9 Å². The first kappa shape index (κ1) is 34.5. The van der Waals surface area contributed by atoms with Gasteiger partial charge in [0.15, 0.2) is 0 Å². The molecule has 0 aliphatic heterocycles. The zero-order valence-corrected chi connectivity index (χ0v) is 27.2. The van der Waals surface area contributed by atoms with Crippen LogP contribution in [-0.2, 0) is 27.8 Å². The monoisotopic (exact) mass is 620 g/mol. The zero-order valence-electron chi connectivity index (χ0n) is 26.4. The number of hydrogen-bond acceptors (Lipinski definition) is 5. The summed E-state index contributed by atoms with van der Waals surface area (Å²) in [6, 6.07) is 18.0. The van der Waals surface area contributed by atoms with Gasteiger partial charge in [0.2, 0.25) is 6.41 Å². The minimum atomic E-state index is -4.02. The number of H-pyrrole nitrogens is 1. The standard InChI is InChI=1S/C27H36N4O2.C7H8O3S/c1-6-8-20-15-21(28-17-32)9-11-24(20)27(33)30-22-10-12-26-25(16-22)23(19(4)29-26)13-14-31(5)18(3)7-2;1-6-2-4-7(5-3-6)11(8,9)10/h9-12,15-18,29H,6-8,13-14H2,1-5H3,(H,28,32)(H,30,33);2-5H,1H3,(H,8,9,10). The van der Waals surface area contributed by atoms with Crippen LogP contribution in [0.2, 0.25) is 0 Å². The quantitative estimate of drug-likeness (QED) is 0.102. The average Bonchev–Trinajstić information content (AvgIpc) is 3.29. The van der Waals surface area contributed by atoms with Crippen LogP contribution in [0.1, 0.15) is 66.4 Å². The molecule has 44 heavy (non-hydrogen) atoms. The third-order valence-corrected chi connectivity index (χ3v) is 8.72. The highest BCUT2D eigenvalue weighted by Crippen LogP contribution is 2.27. The van der Waals surface area contributed by atoms with Crippen molar-refractivity contribution < 1.29 is 22.6 Å². The number of rotatable bonds is 12. The summed E-state index contributed by atoms with van der Waals surface area (Å²) in [6.45, 7) is 11.5. The zero-order chi connectivity index (χ0) is 32.4. The van der Waals surface area contributed by atoms with Crippen LogP contribution in [0.15, 0.2) is 65.6 Å². The van der Waals surface area contributed by atoms with E-state index < -0.39 is 10.1 Å². The third kappa shape index (κ3) is 9.25. The summed E-state index contributed by atoms with van der Waals surface area (Å²) in [7, 11) is -1.85. The van der Waals surface area contributed by atoms with Crippen molar-refractivity contribution in [1.82, 2.24) is 9.88 Å². The van der Waals surface area contributed by atoms with Crippen molar-refractivity contribution in [3.05, 3.63) is 88.6 Å². The van der Waals surface area contributed by atoms with Crippen molar-refractivity contribution in [2.45, 2.75) is 71.2 Å². The second-order valence-electron chi connectivity index (χ2n) is 11.1. The average molecular weight is 621 g/mol. The molecule has 1 unspecified atom stereocenters. The van der Waals surface area contributed by atoms with Crippen LogP contribution >= 0.6 is 0 Å². The second-order valence-corrected chi connectivity index (χ2v) is 12.5. The number of hydrogen-bond donors (Lipinski definition) is 4. The number of anilines is 2. The molecule has 1 atom stereocenters. The predicted molar refractivity (Wildman–Crippen MR) is 178 cm³/mol. The SMILES string of the molecule is CCCc1cc(NC=O)ccc1C(=O)Nc1ccc2[nH]c(C)c(CCN(C)C(C)CC)c2c1.Cc1ccc(S(=O)(=O)O)cc1. The molecule has 0 saturated heterocycles. The van der Waals surface area contributed by atoms with Gasteiger partial charge in [0.05, 0.1) is 4.90 Å². The number of aromatic amines is 1. The second kappa shape index (κ2) is 15.7. The van der Waals surface area contributed by atoms with Crippen molar-refractivity contribution in [1.29, 1.82) is 0 Å². The normalized spacial score (nSPS) is 12.0. The fourth-order valence-electron chi connectivity index (χ4n) is 4.96. The first-order chi connectivity index (χ1) is 20.9. The van der Waals surface area contributed by atoms with E-state index in [1.807, 2.05) is 25.1 Å². The lowest BCUT2D eigenvalue weighted by atomic mass is 10.0. The van der Waals surface area contributed by atoms with Gasteiger partial charge in [-0.25, -0.2) is 0 Å². The molecule has 0 fully saturated rings. The molecule has 0 saturated carbocycles. The third-order valence-electron chi connectivity index (χ3n) is 7.85. The molecule has 0 radical (unpaired) electrons. The number of benzene rings is 3. The molecule has 4 aromatic rings. The Bertz CT molecular complexity index is 1680. The number of fused-ring (bicyclic) bond motifs is 1. The Morgan fingerprint density at radius 2 is 1.68 bits per heavy atom. The van der Waals surface area contributed by atoms with Crippen molar-refractivity contribution in [3.63, 3.8) is 0 Å². The summed E-state index contributed by atoms with van der Waals surface area (Å²) in [4.78, 5) is 29.7. The number of carbonyl (C=O) groups excluding carboxylic acids is 2. The molecule has 0 aliphatic carbocycles. The van der Waals surface area contributed by atoms with Crippen LogP contribution in [0.25, 0.3) is 10.9 Å². The Morgan fingerprint density at radius 3 is 2.30 bits per heavy atom. The summed E-state index contributed by atoms with van der Waals surface area (Å²) in [5.41, 5.74) is 7.55. The first-order valence-corrected chi connectivity index (χ1v) is 16.3. The fourth-order valence-corrected chi connectivity index (χ4v) is 5.44. The maximum atomic E-state index is 13.1. The van der Waals surface area contributed by atoms with Crippen molar-refractivity contribution in [3.8, 4) is 0 Å². The Morgan fingerprint density at radius 1 is 1.00 bits per heavy atom. The van der Waals surface area contributed by atoms with Gasteiger partial charge in [-0.1, -0.05) is 38.0 Å². The minimum absolute atomic E-state index is 0.0666. The minimum Gasteiger partial charge on any atom is -0.358 e. The smallest absolute Gasteiger partial charge is 0.294 e. The molecule has 10 heteroatoms. The molecule has 1 aromatic heterocycles. The highest BCUT2D eigenvalue weighted by molar-refractivity contribution is 7.85. The van der Waals surface area contributed by atoms with E-state index >= 15 is 0 Å². The summed E-state index contributed by atoms with van der Waals surface area (Å²) in [6.07, 6.45) is 4.41. The summed E-state index contributed by atoms with van der Waals surface area (Å²) < 4.78 is 29.6. The first-order valence-electron chi connectivity index (χ1n) is 14.9. The van der Waals surface area contributed by atoms with Crippen LogP contribution < -0.4 is 10.6 Å². The largest absolute Gasteiger partial charge is 0.358 e. The highest BCUT2D eigenvalue weighted by Gasteiger charge is 2.15. The Kier molecular flexibility index (Phi) is 12.3. The molecule has 0 bridgehead atoms. The van der Waals surface area contributed by atoms with Crippen molar-refractivity contribution in [2.75, 3.05) is 24.2 Å². The van der Waals surface area contributed by atoms with Crippen LogP contribution in [0.3, 0.4) is 0 Å². The summed E-state index contributed by atoms with van der Waals surface area (Å²) in [5.74, 6) is -0.138. The van der Waals surface area contributed by atoms with Gasteiger partial charge in [-0.15, -0.1) is 0 Å². The summed E-state index contributed by atoms with van der Waals surface area (Å²) >= 11 is 0. The van der Waals surface area contributed by atoms with E-state index in [-0.39, 0.29) is 10.8 Å². The molecule has 2 amide bonds. The van der Waals surface area contributed by atoms with Gasteiger partial charge in [-0.3, -0.25) is 14.1 Å². The van der Waals surface area contributed by atoms with Crippen LogP contribution in [0.5, 0.6) is 0 Å². The lowest BCUT2D eigenvalue weighted by Gasteiger charge is -2.23. The Hall–Kier alpha value is -3.99. The van der Waals surface area contributed by atoms with Gasteiger partial charge in [-0.2, -0.15) is 8.42 Å². The maximum absolute atomic E-state index is 13.1. The van der Waals surface area contributed by atoms with Crippen molar-refractivity contribution in [2.24, 2.45) is 0 Å². The van der Waals surface area contributed by atoms with Gasteiger partial charge in [-0.05, 0) is 107 Å². The highest BCUT2D eigenvalue weighted by atomic mass is 32.2. The van der Waals surface area contributed by atoms with E-state index in [2.05, 4.69) is 61.3 Å². The van der Waals surface area contributed by atoms with Crippen molar-refractivity contribution >= 4 is 44.7 Å². The van der Waals surface area contributed by atoms with E-state index in [0.29, 0.717) is 23.7 Å². The van der Waals surface area contributed by atoms with Crippen LogP contribution in [0, 0.1) is 13.8 Å². The number of carbonyl (C=O) groups is 2. The number of nitrogens with one attached hydrogen (secondary N) is 3. The topological polar surface area (TPSA) is 132 Å². The molecule has 0 spiro atoms. The van der Waals surface area contributed by atoms with Gasteiger partial charge in [0, 0.05) is 46.1 Å². The van der Waals surface area contributed by atoms with Crippen LogP contribution in [0.4, 0.5) is 11.4 Å². The van der Waals surface area contributed by atoms with Gasteiger partial charge < -0.3 is 20.5 Å². The van der Waals surface area contributed by atoms with Crippen LogP contribution in [-0.4, -0.2) is 54.8 Å². The number of aromatic nitrogens is 1. The molecular weight excluding hydrogens is 576 g/mol. The van der Waals surface area contributed by atoms with E-state index in [4.69, 9.17) is 4.55 Å². The van der Waals surface area contributed by atoms with Gasteiger partial charge >= 0.3 is 0 Å². The molecular formula is C34H44N4O5S. The number of likely N-dealkylation sites (N-methyl/N-ethyl adjacent to an activating group) is 1. The number of nitrogens with zero attached hydrogens (tertiary/aromatic N) is 1. The van der Waals surface area contributed by atoms with E-state index in [1.54, 1.807) is 24.3 Å². The Balaban J connectivity index is 0.000000404. The molecule has 1 heterocycles. The lowest BCUT2D eigenvalue weighted by Crippen LogP contribution is -2.30. The number of amides is 2. The molecule has 4 N–H and O–H groups in total. The molecule has 236 valence electrons. The maximum Gasteiger partial charge on any atom is 0.294 e.